The lowest BCUT2D eigenvalue weighted by Crippen LogP contribution is -2.71. The maximum Gasteiger partial charge on any atom is 0.282 e. The zero-order valence-electron chi connectivity index (χ0n) is 20.4. The van der Waals surface area contributed by atoms with Crippen LogP contribution in [0.3, 0.4) is 0 Å². The van der Waals surface area contributed by atoms with Crippen LogP contribution in [0.25, 0.3) is 4.83 Å². The van der Waals surface area contributed by atoms with E-state index in [2.05, 4.69) is 25.1 Å². The molecule has 0 bridgehead atoms. The number of aromatic nitrogens is 4. The van der Waals surface area contributed by atoms with Crippen molar-refractivity contribution in [2.75, 3.05) is 24.7 Å². The number of nitrogens with one attached hydrogen (secondary N) is 2. The van der Waals surface area contributed by atoms with E-state index in [1.54, 1.807) is 0 Å². The van der Waals surface area contributed by atoms with E-state index in [4.69, 9.17) is 15.7 Å². The summed E-state index contributed by atoms with van der Waals surface area (Å²) in [6, 6.07) is -1.06. The van der Waals surface area contributed by atoms with Crippen molar-refractivity contribution in [2.24, 2.45) is 5.16 Å². The molecule has 16 nitrogen and oxygen atoms in total. The van der Waals surface area contributed by atoms with Crippen molar-refractivity contribution < 1.29 is 38.8 Å². The van der Waals surface area contributed by atoms with Gasteiger partial charge in [-0.3, -0.25) is 19.3 Å². The summed E-state index contributed by atoms with van der Waals surface area (Å²) in [5.41, 5.74) is 5.43. The molecule has 3 amide bonds. The van der Waals surface area contributed by atoms with Crippen molar-refractivity contribution in [1.82, 2.24) is 29.3 Å². The van der Waals surface area contributed by atoms with E-state index in [0.717, 1.165) is 21.3 Å². The molecule has 210 valence electrons. The molecular formula is C21H21N9O7S3. The lowest BCUT2D eigenvalue weighted by Gasteiger charge is -2.50. The summed E-state index contributed by atoms with van der Waals surface area (Å²) in [6.07, 6.45) is 4.25. The number of imidazole rings is 1. The predicted molar refractivity (Wildman–Crippen MR) is 139 cm³/mol. The molecule has 5 heterocycles. The van der Waals surface area contributed by atoms with E-state index < -0.39 is 29.2 Å². The Bertz CT molecular complexity index is 1540. The standard InChI is InChI=1S/C21H21N9O7S3/c22-21-25-16(27-40-21)13(26-37-3-2-31)17(33)24-14-18(34)30-15(20(35)36)10(8-39-19(14)30)6-28-7-12-29(1-4-38-12)11(28)5-23-9-32/h1,4,7,9,14,19,31H,2-3,5-6,8H2,(H4-,22,23,24,25,27,32,33,35,36)/b26-13-/t14-,19-/m1/s1. The monoisotopic (exact) mass is 607 g/mol. The third-order valence-electron chi connectivity index (χ3n) is 5.95. The summed E-state index contributed by atoms with van der Waals surface area (Å²) >= 11 is 3.58. The highest BCUT2D eigenvalue weighted by Crippen LogP contribution is 2.40. The number of aliphatic carboxylic acids is 1. The normalized spacial score (nSPS) is 18.9. The van der Waals surface area contributed by atoms with E-state index in [0.29, 0.717) is 17.8 Å². The Labute approximate surface area is 237 Å². The van der Waals surface area contributed by atoms with Gasteiger partial charge in [-0.1, -0.05) is 16.5 Å². The molecule has 5 N–H and O–H groups in total. The number of fused-ring (bicyclic) bond motifs is 2. The number of hydrogen-bond donors (Lipinski definition) is 4. The topological polar surface area (TPSA) is 221 Å². The summed E-state index contributed by atoms with van der Waals surface area (Å²) in [6.45, 7) is -0.196. The van der Waals surface area contributed by atoms with Crippen molar-refractivity contribution in [3.05, 3.63) is 40.7 Å². The molecule has 0 spiro atoms. The Kier molecular flexibility index (Phi) is 7.96. The Balaban J connectivity index is 1.37. The summed E-state index contributed by atoms with van der Waals surface area (Å²) in [5.74, 6) is -2.17. The molecule has 0 unspecified atom stereocenters. The van der Waals surface area contributed by atoms with Gasteiger partial charge in [-0.25, -0.2) is 4.57 Å². The highest BCUT2D eigenvalue weighted by atomic mass is 32.2. The maximum absolute atomic E-state index is 13.1. The molecule has 2 aliphatic rings. The zero-order chi connectivity index (χ0) is 28.4. The molecule has 0 aromatic carbocycles. The number of carboxylic acid groups (broad SMARTS) is 1. The van der Waals surface area contributed by atoms with Crippen molar-refractivity contribution >= 4 is 74.5 Å². The maximum atomic E-state index is 13.1. The summed E-state index contributed by atoms with van der Waals surface area (Å²) in [7, 11) is 0. The van der Waals surface area contributed by atoms with Crippen LogP contribution >= 0.6 is 34.6 Å². The predicted octanol–water partition coefficient (Wildman–Crippen LogP) is -3.21. The number of β-lactam (4-membered cyclic amide) rings is 1. The molecule has 2 atom stereocenters. The number of hydrogen-bond acceptors (Lipinski definition) is 14. The highest BCUT2D eigenvalue weighted by molar-refractivity contribution is 8.00. The highest BCUT2D eigenvalue weighted by Gasteiger charge is 2.53. The van der Waals surface area contributed by atoms with E-state index in [1.165, 1.54) is 23.1 Å². The second kappa shape index (κ2) is 11.6. The summed E-state index contributed by atoms with van der Waals surface area (Å²) < 4.78 is 7.64. The number of nitrogens with zero attached hydrogens (tertiary/aromatic N) is 6. The Morgan fingerprint density at radius 1 is 1.43 bits per heavy atom. The fraction of sp³-hybridized carbons (Fsp3) is 0.333. The van der Waals surface area contributed by atoms with Crippen LogP contribution in [0.2, 0.25) is 0 Å². The van der Waals surface area contributed by atoms with Crippen LogP contribution in [0.5, 0.6) is 0 Å². The van der Waals surface area contributed by atoms with Crippen LogP contribution in [0.1, 0.15) is 11.6 Å². The van der Waals surface area contributed by atoms with Gasteiger partial charge in [0, 0.05) is 28.2 Å². The second-order valence-electron chi connectivity index (χ2n) is 8.34. The minimum absolute atomic E-state index is 0.0775. The van der Waals surface area contributed by atoms with Gasteiger partial charge >= 0.3 is 0 Å². The van der Waals surface area contributed by atoms with Crippen molar-refractivity contribution in [2.45, 2.75) is 24.5 Å². The number of carboxylic acids is 1. The van der Waals surface area contributed by atoms with E-state index in [9.17, 15) is 24.3 Å². The largest absolute Gasteiger partial charge is 0.543 e. The first kappa shape index (κ1) is 27.5. The third-order valence-corrected chi connectivity index (χ3v) is 8.63. The van der Waals surface area contributed by atoms with Crippen LogP contribution in [0.4, 0.5) is 5.13 Å². The van der Waals surface area contributed by atoms with Gasteiger partial charge in [0.1, 0.15) is 43.5 Å². The molecule has 0 aliphatic carbocycles. The molecular weight excluding hydrogens is 586 g/mol. The number of oxime groups is 1. The van der Waals surface area contributed by atoms with Crippen LogP contribution < -0.4 is 26.0 Å². The van der Waals surface area contributed by atoms with Crippen molar-refractivity contribution in [1.29, 1.82) is 0 Å². The fourth-order valence-corrected chi connectivity index (χ4v) is 6.83. The van der Waals surface area contributed by atoms with Gasteiger partial charge in [-0.15, -0.1) is 11.8 Å². The molecule has 1 saturated heterocycles. The second-order valence-corrected chi connectivity index (χ2v) is 11.2. The minimum atomic E-state index is -1.52. The lowest BCUT2D eigenvalue weighted by molar-refractivity contribution is -0.695. The van der Waals surface area contributed by atoms with Gasteiger partial charge < -0.3 is 36.2 Å². The van der Waals surface area contributed by atoms with E-state index >= 15 is 0 Å². The number of thioether (sulfide) groups is 1. The lowest BCUT2D eigenvalue weighted by atomic mass is 10.0. The first-order chi connectivity index (χ1) is 19.3. The summed E-state index contributed by atoms with van der Waals surface area (Å²) in [4.78, 5) is 60.1. The van der Waals surface area contributed by atoms with Crippen LogP contribution in [0, 0.1) is 0 Å². The quantitative estimate of drug-likeness (QED) is 0.0401. The minimum Gasteiger partial charge on any atom is -0.543 e. The molecule has 0 radical (unpaired) electrons. The first-order valence-electron chi connectivity index (χ1n) is 11.6. The number of aliphatic hydroxyl groups is 1. The molecule has 3 aromatic heterocycles. The number of rotatable bonds is 12. The molecule has 40 heavy (non-hydrogen) atoms. The average molecular weight is 608 g/mol. The Hall–Kier alpha value is -4.07. The molecule has 1 fully saturated rings. The molecule has 19 heteroatoms. The number of carbonyl (C=O) groups excluding carboxylic acids is 4. The van der Waals surface area contributed by atoms with Gasteiger partial charge in [0.05, 0.1) is 18.3 Å². The number of aliphatic hydroxyl groups excluding tert-OH is 1. The summed E-state index contributed by atoms with van der Waals surface area (Å²) in [5, 5.41) is 31.3. The fourth-order valence-electron chi connectivity index (χ4n) is 4.27. The SMILES string of the molecule is Nc1nc(/C(=N/OCCO)C(=O)N[C@@H]2C(=O)N3C(C(=O)[O-])=C(C[n+]4cc5sccn5c4CNC=O)CS[C@H]23)ns1. The van der Waals surface area contributed by atoms with Crippen LogP contribution in [-0.4, -0.2) is 84.1 Å². The number of thiazole rings is 1. The van der Waals surface area contributed by atoms with Crippen molar-refractivity contribution in [3.63, 3.8) is 0 Å². The van der Waals surface area contributed by atoms with Crippen LogP contribution in [0.15, 0.2) is 34.2 Å². The van der Waals surface area contributed by atoms with E-state index in [-0.39, 0.29) is 54.4 Å². The van der Waals surface area contributed by atoms with Crippen LogP contribution in [-0.2, 0) is 37.1 Å². The number of nitrogen functional groups attached to an aromatic ring is 1. The van der Waals surface area contributed by atoms with Crippen molar-refractivity contribution in [3.8, 4) is 0 Å². The number of carbonyl (C=O) groups is 4. The zero-order valence-corrected chi connectivity index (χ0v) is 22.8. The first-order valence-corrected chi connectivity index (χ1v) is 14.3. The molecule has 3 aromatic rings. The average Bonchev–Trinajstić information content (AvgIpc) is 3.65. The van der Waals surface area contributed by atoms with Gasteiger partial charge in [-0.05, 0) is 0 Å². The van der Waals surface area contributed by atoms with E-state index in [1.807, 2.05) is 26.7 Å². The number of nitrogens with two attached hydrogens (primary N) is 1. The number of anilines is 1. The molecule has 5 rings (SSSR count). The molecule has 0 saturated carbocycles. The van der Waals surface area contributed by atoms with Gasteiger partial charge in [0.2, 0.25) is 22.8 Å². The van der Waals surface area contributed by atoms with Gasteiger partial charge in [0.25, 0.3) is 17.6 Å². The van der Waals surface area contributed by atoms with Gasteiger partial charge in [-0.2, -0.15) is 13.8 Å². The Morgan fingerprint density at radius 2 is 2.25 bits per heavy atom. The van der Waals surface area contributed by atoms with Gasteiger partial charge in [0.15, 0.2) is 5.13 Å². The smallest absolute Gasteiger partial charge is 0.282 e. The Morgan fingerprint density at radius 3 is 2.95 bits per heavy atom. The number of amides is 3. The third kappa shape index (κ3) is 5.10. The molecule has 2 aliphatic heterocycles.